The summed E-state index contributed by atoms with van der Waals surface area (Å²) >= 11 is 0. The van der Waals surface area contributed by atoms with Crippen LogP contribution in [0.1, 0.15) is 34.1 Å². The smallest absolute Gasteiger partial charge is 0.323 e. The summed E-state index contributed by atoms with van der Waals surface area (Å²) in [4.78, 5) is 16.2. The Morgan fingerprint density at radius 3 is 2.26 bits per heavy atom. The minimum absolute atomic E-state index is 0.257. The number of nitrogens with one attached hydrogen (secondary N) is 1. The summed E-state index contributed by atoms with van der Waals surface area (Å²) in [5.74, 6) is -0.780. The summed E-state index contributed by atoms with van der Waals surface area (Å²) in [6.45, 7) is 10.3. The van der Waals surface area contributed by atoms with Crippen LogP contribution in [0.15, 0.2) is 0 Å². The van der Waals surface area contributed by atoms with Crippen molar-refractivity contribution < 1.29 is 9.90 Å². The van der Waals surface area contributed by atoms with Gasteiger partial charge in [0, 0.05) is 31.2 Å². The summed E-state index contributed by atoms with van der Waals surface area (Å²) in [5, 5.41) is 12.3. The monoisotopic (exact) mass is 271 g/mol. The van der Waals surface area contributed by atoms with Crippen molar-refractivity contribution in [1.82, 2.24) is 15.1 Å². The Kier molecular flexibility index (Phi) is 5.35. The number of carboxylic acid groups (broad SMARTS) is 1. The first-order valence-electron chi connectivity index (χ1n) is 7.09. The van der Waals surface area contributed by atoms with Crippen molar-refractivity contribution in [2.24, 2.45) is 0 Å². The predicted octanol–water partition coefficient (Wildman–Crippen LogP) is 0.852. The maximum atomic E-state index is 11.4. The van der Waals surface area contributed by atoms with Gasteiger partial charge in [0.2, 0.25) is 0 Å². The average molecular weight is 271 g/mol. The quantitative estimate of drug-likeness (QED) is 0.776. The molecule has 4 unspecified atom stereocenters. The van der Waals surface area contributed by atoms with Crippen molar-refractivity contribution in [2.45, 2.75) is 57.8 Å². The molecule has 1 aliphatic heterocycles. The van der Waals surface area contributed by atoms with Gasteiger partial charge in [0.05, 0.1) is 0 Å². The molecule has 1 rings (SSSR count). The number of hydrogen-bond acceptors (Lipinski definition) is 4. The lowest BCUT2D eigenvalue weighted by Crippen LogP contribution is -2.59. The largest absolute Gasteiger partial charge is 0.480 e. The summed E-state index contributed by atoms with van der Waals surface area (Å²) in [6.07, 6.45) is 0.613. The minimum atomic E-state index is -0.852. The molecule has 0 spiro atoms. The number of carboxylic acids is 1. The lowest BCUT2D eigenvalue weighted by molar-refractivity contribution is -0.145. The zero-order valence-corrected chi connectivity index (χ0v) is 13.1. The van der Waals surface area contributed by atoms with Crippen LogP contribution in [0.25, 0.3) is 0 Å². The van der Waals surface area contributed by atoms with Gasteiger partial charge in [-0.15, -0.1) is 0 Å². The van der Waals surface area contributed by atoms with Gasteiger partial charge in [-0.1, -0.05) is 0 Å². The highest BCUT2D eigenvalue weighted by Crippen LogP contribution is 2.21. The highest BCUT2D eigenvalue weighted by molar-refractivity contribution is 5.78. The fourth-order valence-electron chi connectivity index (χ4n) is 2.82. The van der Waals surface area contributed by atoms with Crippen LogP contribution >= 0.6 is 0 Å². The third-order valence-electron chi connectivity index (χ3n) is 4.74. The molecule has 1 heterocycles. The maximum absolute atomic E-state index is 11.4. The van der Waals surface area contributed by atoms with Crippen molar-refractivity contribution >= 4 is 5.97 Å². The predicted molar refractivity (Wildman–Crippen MR) is 77.4 cm³/mol. The zero-order valence-electron chi connectivity index (χ0n) is 13.1. The molecule has 0 amide bonds. The van der Waals surface area contributed by atoms with E-state index in [1.165, 1.54) is 0 Å². The highest BCUT2D eigenvalue weighted by Gasteiger charge is 2.36. The van der Waals surface area contributed by atoms with Crippen LogP contribution < -0.4 is 5.32 Å². The Hall–Kier alpha value is -0.650. The van der Waals surface area contributed by atoms with Crippen molar-refractivity contribution in [3.8, 4) is 0 Å². The molecule has 0 aromatic heterocycles. The fraction of sp³-hybridized carbons (Fsp3) is 0.929. The molecule has 0 bridgehead atoms. The topological polar surface area (TPSA) is 55.8 Å². The second kappa shape index (κ2) is 6.20. The molecule has 1 fully saturated rings. The third-order valence-corrected chi connectivity index (χ3v) is 4.74. The first kappa shape index (κ1) is 16.4. The number of likely N-dealkylation sites (N-methyl/N-ethyl adjacent to an activating group) is 2. The number of carbonyl (C=O) groups is 1. The van der Waals surface area contributed by atoms with Gasteiger partial charge in [-0.2, -0.15) is 0 Å². The molecule has 19 heavy (non-hydrogen) atoms. The van der Waals surface area contributed by atoms with Crippen LogP contribution in [0, 0.1) is 0 Å². The summed E-state index contributed by atoms with van der Waals surface area (Å²) in [7, 11) is 3.88. The minimum Gasteiger partial charge on any atom is -0.480 e. The Morgan fingerprint density at radius 2 is 1.89 bits per heavy atom. The van der Waals surface area contributed by atoms with E-state index in [1.807, 2.05) is 0 Å². The van der Waals surface area contributed by atoms with Crippen molar-refractivity contribution in [1.29, 1.82) is 0 Å². The third kappa shape index (κ3) is 3.68. The van der Waals surface area contributed by atoms with Crippen LogP contribution in [-0.2, 0) is 4.79 Å². The van der Waals surface area contributed by atoms with E-state index < -0.39 is 11.5 Å². The highest BCUT2D eigenvalue weighted by atomic mass is 16.4. The number of nitrogens with zero attached hydrogens (tertiary/aromatic N) is 2. The van der Waals surface area contributed by atoms with Gasteiger partial charge in [-0.3, -0.25) is 14.6 Å². The van der Waals surface area contributed by atoms with E-state index in [0.717, 1.165) is 13.1 Å². The first-order valence-corrected chi connectivity index (χ1v) is 7.09. The maximum Gasteiger partial charge on any atom is 0.323 e. The number of rotatable bonds is 5. The summed E-state index contributed by atoms with van der Waals surface area (Å²) < 4.78 is 0. The SMILES string of the molecule is CNC(C)(CC(C)N1CC(C)N(C)C(C)C1)C(=O)O. The average Bonchev–Trinajstić information content (AvgIpc) is 2.34. The lowest BCUT2D eigenvalue weighted by Gasteiger charge is -2.46. The van der Waals surface area contributed by atoms with E-state index >= 15 is 0 Å². The Morgan fingerprint density at radius 1 is 1.42 bits per heavy atom. The van der Waals surface area contributed by atoms with E-state index in [0.29, 0.717) is 18.5 Å². The van der Waals surface area contributed by atoms with Gasteiger partial charge >= 0.3 is 5.97 Å². The molecule has 0 aliphatic carbocycles. The molecule has 4 atom stereocenters. The molecule has 0 aromatic rings. The standard InChI is InChI=1S/C14H29N3O2/c1-10(7-14(4,15-5)13(18)19)17-8-11(2)16(6)12(3)9-17/h10-12,15H,7-9H2,1-6H3,(H,18,19). The first-order chi connectivity index (χ1) is 8.71. The van der Waals surface area contributed by atoms with Crippen LogP contribution in [0.2, 0.25) is 0 Å². The fourth-order valence-corrected chi connectivity index (χ4v) is 2.82. The van der Waals surface area contributed by atoms with E-state index in [-0.39, 0.29) is 6.04 Å². The van der Waals surface area contributed by atoms with Crippen LogP contribution in [0.4, 0.5) is 0 Å². The Labute approximate surface area is 117 Å². The second-order valence-electron chi connectivity index (χ2n) is 6.26. The molecule has 1 saturated heterocycles. The molecule has 0 saturated carbocycles. The summed E-state index contributed by atoms with van der Waals surface area (Å²) in [6, 6.07) is 1.28. The zero-order chi connectivity index (χ0) is 14.8. The normalized spacial score (nSPS) is 30.8. The number of hydrogen-bond donors (Lipinski definition) is 2. The molecular weight excluding hydrogens is 242 g/mol. The molecule has 112 valence electrons. The summed E-state index contributed by atoms with van der Waals surface area (Å²) in [5.41, 5.74) is -0.852. The molecular formula is C14H29N3O2. The van der Waals surface area contributed by atoms with Crippen molar-refractivity contribution in [3.05, 3.63) is 0 Å². The lowest BCUT2D eigenvalue weighted by atomic mass is 9.92. The van der Waals surface area contributed by atoms with Gasteiger partial charge in [0.1, 0.15) is 5.54 Å². The van der Waals surface area contributed by atoms with E-state index in [2.05, 4.69) is 42.9 Å². The van der Waals surface area contributed by atoms with Gasteiger partial charge in [0.15, 0.2) is 0 Å². The van der Waals surface area contributed by atoms with Crippen LogP contribution in [-0.4, -0.2) is 71.7 Å². The molecule has 0 radical (unpaired) electrons. The van der Waals surface area contributed by atoms with Gasteiger partial charge in [-0.05, 0) is 48.2 Å². The van der Waals surface area contributed by atoms with Crippen LogP contribution in [0.5, 0.6) is 0 Å². The van der Waals surface area contributed by atoms with Gasteiger partial charge in [-0.25, -0.2) is 0 Å². The van der Waals surface area contributed by atoms with Gasteiger partial charge < -0.3 is 10.4 Å². The number of piperazine rings is 1. The van der Waals surface area contributed by atoms with Crippen molar-refractivity contribution in [3.63, 3.8) is 0 Å². The van der Waals surface area contributed by atoms with E-state index in [9.17, 15) is 9.90 Å². The van der Waals surface area contributed by atoms with E-state index in [1.54, 1.807) is 14.0 Å². The molecule has 5 nitrogen and oxygen atoms in total. The number of aliphatic carboxylic acids is 1. The second-order valence-corrected chi connectivity index (χ2v) is 6.26. The Bertz CT molecular complexity index is 312. The molecule has 5 heteroatoms. The Balaban J connectivity index is 2.68. The van der Waals surface area contributed by atoms with Gasteiger partial charge in [0.25, 0.3) is 0 Å². The molecule has 0 aromatic carbocycles. The van der Waals surface area contributed by atoms with Crippen molar-refractivity contribution in [2.75, 3.05) is 27.2 Å². The molecule has 2 N–H and O–H groups in total. The van der Waals surface area contributed by atoms with Crippen LogP contribution in [0.3, 0.4) is 0 Å². The van der Waals surface area contributed by atoms with E-state index in [4.69, 9.17) is 0 Å². The molecule has 1 aliphatic rings.